The van der Waals surface area contributed by atoms with Crippen LogP contribution in [0.3, 0.4) is 0 Å². The summed E-state index contributed by atoms with van der Waals surface area (Å²) in [4.78, 5) is 13.6. The Morgan fingerprint density at radius 2 is 2.16 bits per heavy atom. The second-order valence-corrected chi connectivity index (χ2v) is 4.92. The maximum absolute atomic E-state index is 11.9. The van der Waals surface area contributed by atoms with E-state index >= 15 is 0 Å². The monoisotopic (exact) mass is 263 g/mol. The van der Waals surface area contributed by atoms with Crippen molar-refractivity contribution in [1.82, 2.24) is 4.90 Å². The highest BCUT2D eigenvalue weighted by Crippen LogP contribution is 2.11. The van der Waals surface area contributed by atoms with Crippen LogP contribution in [0.25, 0.3) is 0 Å². The lowest BCUT2D eigenvalue weighted by Crippen LogP contribution is -2.42. The molecule has 1 aliphatic heterocycles. The van der Waals surface area contributed by atoms with Crippen LogP contribution in [0.15, 0.2) is 30.3 Å². The van der Waals surface area contributed by atoms with Crippen molar-refractivity contribution >= 4 is 5.91 Å². The van der Waals surface area contributed by atoms with Crippen molar-refractivity contribution in [3.63, 3.8) is 0 Å². The molecular formula is C15H21NO3. The van der Waals surface area contributed by atoms with Crippen LogP contribution in [-0.4, -0.2) is 41.7 Å². The Kier molecular flexibility index (Phi) is 5.36. The van der Waals surface area contributed by atoms with Crippen LogP contribution < -0.4 is 0 Å². The SMILES string of the molecule is O=C(CCOCc1ccccc1)N1CCCC(O)C1. The number of piperidine rings is 1. The van der Waals surface area contributed by atoms with Gasteiger partial charge in [0, 0.05) is 13.1 Å². The third-order valence-corrected chi connectivity index (χ3v) is 3.32. The molecule has 1 saturated heterocycles. The van der Waals surface area contributed by atoms with Crippen molar-refractivity contribution < 1.29 is 14.6 Å². The first-order valence-corrected chi connectivity index (χ1v) is 6.83. The molecule has 1 aromatic rings. The first-order chi connectivity index (χ1) is 9.25. The van der Waals surface area contributed by atoms with E-state index in [1.807, 2.05) is 30.3 Å². The number of likely N-dealkylation sites (tertiary alicyclic amines) is 1. The average Bonchev–Trinajstić information content (AvgIpc) is 2.44. The normalized spacial score (nSPS) is 19.4. The van der Waals surface area contributed by atoms with Gasteiger partial charge in [0.25, 0.3) is 0 Å². The second kappa shape index (κ2) is 7.26. The summed E-state index contributed by atoms with van der Waals surface area (Å²) in [6.07, 6.45) is 1.72. The smallest absolute Gasteiger partial charge is 0.224 e. The van der Waals surface area contributed by atoms with Gasteiger partial charge in [-0.05, 0) is 18.4 Å². The molecule has 4 heteroatoms. The van der Waals surface area contributed by atoms with Crippen LogP contribution in [0.4, 0.5) is 0 Å². The quantitative estimate of drug-likeness (QED) is 0.821. The number of carbonyl (C=O) groups excluding carboxylic acids is 1. The minimum absolute atomic E-state index is 0.0758. The highest BCUT2D eigenvalue weighted by molar-refractivity contribution is 5.76. The van der Waals surface area contributed by atoms with Crippen molar-refractivity contribution in [2.24, 2.45) is 0 Å². The lowest BCUT2D eigenvalue weighted by Gasteiger charge is -2.30. The van der Waals surface area contributed by atoms with E-state index in [2.05, 4.69) is 0 Å². The van der Waals surface area contributed by atoms with Crippen LogP contribution in [0.1, 0.15) is 24.8 Å². The predicted octanol–water partition coefficient (Wildman–Crippen LogP) is 1.58. The molecule has 1 unspecified atom stereocenters. The van der Waals surface area contributed by atoms with Gasteiger partial charge in [-0.3, -0.25) is 4.79 Å². The molecule has 0 aliphatic carbocycles. The fraction of sp³-hybridized carbons (Fsp3) is 0.533. The van der Waals surface area contributed by atoms with Gasteiger partial charge in [-0.15, -0.1) is 0 Å². The van der Waals surface area contributed by atoms with E-state index < -0.39 is 0 Å². The molecule has 1 atom stereocenters. The molecular weight excluding hydrogens is 242 g/mol. The van der Waals surface area contributed by atoms with Crippen LogP contribution in [-0.2, 0) is 16.1 Å². The molecule has 4 nitrogen and oxygen atoms in total. The summed E-state index contributed by atoms with van der Waals surface area (Å²) < 4.78 is 5.50. The summed E-state index contributed by atoms with van der Waals surface area (Å²) in [6, 6.07) is 9.91. The van der Waals surface area contributed by atoms with Crippen LogP contribution >= 0.6 is 0 Å². The first-order valence-electron chi connectivity index (χ1n) is 6.83. The third-order valence-electron chi connectivity index (χ3n) is 3.32. The fourth-order valence-electron chi connectivity index (χ4n) is 2.26. The molecule has 0 radical (unpaired) electrons. The number of amides is 1. The number of carbonyl (C=O) groups is 1. The molecule has 0 saturated carbocycles. The predicted molar refractivity (Wildman–Crippen MR) is 72.5 cm³/mol. The van der Waals surface area contributed by atoms with Crippen molar-refractivity contribution in [3.05, 3.63) is 35.9 Å². The molecule has 0 aromatic heterocycles. The molecule has 2 rings (SSSR count). The average molecular weight is 263 g/mol. The van der Waals surface area contributed by atoms with Gasteiger partial charge in [0.05, 0.1) is 25.7 Å². The molecule has 0 spiro atoms. The summed E-state index contributed by atoms with van der Waals surface area (Å²) in [5.74, 6) is 0.0758. The molecule has 1 heterocycles. The number of β-amino-alcohol motifs (C(OH)–C–C–N with tert-alkyl or cyclic N) is 1. The number of rotatable bonds is 5. The first kappa shape index (κ1) is 14.0. The van der Waals surface area contributed by atoms with E-state index in [0.717, 1.165) is 24.9 Å². The summed E-state index contributed by atoms with van der Waals surface area (Å²) in [5, 5.41) is 9.52. The molecule has 104 valence electrons. The number of aliphatic hydroxyl groups excluding tert-OH is 1. The number of benzene rings is 1. The standard InChI is InChI=1S/C15H21NO3/c17-14-7-4-9-16(11-14)15(18)8-10-19-12-13-5-2-1-3-6-13/h1-3,5-6,14,17H,4,7-12H2. The van der Waals surface area contributed by atoms with E-state index in [1.165, 1.54) is 0 Å². The van der Waals surface area contributed by atoms with Crippen molar-refractivity contribution in [3.8, 4) is 0 Å². The van der Waals surface area contributed by atoms with Gasteiger partial charge in [0.15, 0.2) is 0 Å². The molecule has 19 heavy (non-hydrogen) atoms. The summed E-state index contributed by atoms with van der Waals surface area (Å²) >= 11 is 0. The largest absolute Gasteiger partial charge is 0.391 e. The Bertz CT molecular complexity index is 394. The van der Waals surface area contributed by atoms with Gasteiger partial charge in [0.1, 0.15) is 0 Å². The molecule has 1 amide bonds. The van der Waals surface area contributed by atoms with E-state index in [0.29, 0.717) is 26.2 Å². The molecule has 1 aromatic carbocycles. The summed E-state index contributed by atoms with van der Waals surface area (Å²) in [5.41, 5.74) is 1.11. The third kappa shape index (κ3) is 4.65. The molecule has 0 bridgehead atoms. The number of hydrogen-bond donors (Lipinski definition) is 1. The lowest BCUT2D eigenvalue weighted by molar-refractivity contribution is -0.135. The minimum Gasteiger partial charge on any atom is -0.391 e. The zero-order chi connectivity index (χ0) is 13.5. The Morgan fingerprint density at radius 3 is 2.89 bits per heavy atom. The Labute approximate surface area is 114 Å². The van der Waals surface area contributed by atoms with Crippen molar-refractivity contribution in [2.75, 3.05) is 19.7 Å². The molecule has 1 N–H and O–H groups in total. The zero-order valence-corrected chi connectivity index (χ0v) is 11.1. The van der Waals surface area contributed by atoms with Crippen LogP contribution in [0.2, 0.25) is 0 Å². The lowest BCUT2D eigenvalue weighted by atomic mass is 10.1. The Balaban J connectivity index is 1.64. The Hall–Kier alpha value is -1.39. The maximum atomic E-state index is 11.9. The number of nitrogens with zero attached hydrogens (tertiary/aromatic N) is 1. The maximum Gasteiger partial charge on any atom is 0.224 e. The molecule has 1 aliphatic rings. The minimum atomic E-state index is -0.358. The van der Waals surface area contributed by atoms with Gasteiger partial charge < -0.3 is 14.7 Å². The molecule has 1 fully saturated rings. The summed E-state index contributed by atoms with van der Waals surface area (Å²) in [6.45, 7) is 2.20. The summed E-state index contributed by atoms with van der Waals surface area (Å²) in [7, 11) is 0. The topological polar surface area (TPSA) is 49.8 Å². The zero-order valence-electron chi connectivity index (χ0n) is 11.1. The fourth-order valence-corrected chi connectivity index (χ4v) is 2.26. The van der Waals surface area contributed by atoms with Crippen LogP contribution in [0.5, 0.6) is 0 Å². The van der Waals surface area contributed by atoms with Gasteiger partial charge >= 0.3 is 0 Å². The van der Waals surface area contributed by atoms with Gasteiger partial charge in [-0.2, -0.15) is 0 Å². The van der Waals surface area contributed by atoms with Crippen molar-refractivity contribution in [2.45, 2.75) is 32.0 Å². The van der Waals surface area contributed by atoms with Gasteiger partial charge in [-0.25, -0.2) is 0 Å². The number of aliphatic hydroxyl groups is 1. The van der Waals surface area contributed by atoms with Gasteiger partial charge in [0.2, 0.25) is 5.91 Å². The highest BCUT2D eigenvalue weighted by Gasteiger charge is 2.21. The van der Waals surface area contributed by atoms with Crippen LogP contribution in [0, 0.1) is 0 Å². The Morgan fingerprint density at radius 1 is 1.37 bits per heavy atom. The highest BCUT2D eigenvalue weighted by atomic mass is 16.5. The van der Waals surface area contributed by atoms with E-state index in [4.69, 9.17) is 4.74 Å². The van der Waals surface area contributed by atoms with Crippen molar-refractivity contribution in [1.29, 1.82) is 0 Å². The second-order valence-electron chi connectivity index (χ2n) is 4.92. The number of hydrogen-bond acceptors (Lipinski definition) is 3. The van der Waals surface area contributed by atoms with E-state index in [-0.39, 0.29) is 12.0 Å². The van der Waals surface area contributed by atoms with E-state index in [9.17, 15) is 9.90 Å². The number of ether oxygens (including phenoxy) is 1. The van der Waals surface area contributed by atoms with Gasteiger partial charge in [-0.1, -0.05) is 30.3 Å². The van der Waals surface area contributed by atoms with E-state index in [1.54, 1.807) is 4.90 Å².